The van der Waals surface area contributed by atoms with Crippen molar-refractivity contribution in [2.24, 2.45) is 5.92 Å². The lowest BCUT2D eigenvalue weighted by Crippen LogP contribution is -2.05. The minimum Gasteiger partial charge on any atom is -0.477 e. The van der Waals surface area contributed by atoms with E-state index < -0.39 is 0 Å². The van der Waals surface area contributed by atoms with E-state index in [1.165, 1.54) is 5.56 Å². The average Bonchev–Trinajstić information content (AvgIpc) is 2.26. The van der Waals surface area contributed by atoms with Gasteiger partial charge >= 0.3 is 0 Å². The molecule has 0 aliphatic rings. The van der Waals surface area contributed by atoms with Crippen molar-refractivity contribution in [2.45, 2.75) is 40.0 Å². The summed E-state index contributed by atoms with van der Waals surface area (Å²) in [5.41, 5.74) is 1.29. The molecule has 1 aromatic rings. The Morgan fingerprint density at radius 3 is 2.47 bits per heavy atom. The molecule has 1 atom stereocenters. The van der Waals surface area contributed by atoms with Crippen molar-refractivity contribution in [3.05, 3.63) is 23.9 Å². The average molecular weight is 207 g/mol. The third-order valence-electron chi connectivity index (χ3n) is 2.51. The number of aromatic nitrogens is 1. The fourth-order valence-electron chi connectivity index (χ4n) is 1.26. The molecule has 84 valence electrons. The van der Waals surface area contributed by atoms with Gasteiger partial charge in [-0.3, -0.25) is 0 Å². The first-order valence-electron chi connectivity index (χ1n) is 5.72. The normalized spacial score (nSPS) is 12.9. The van der Waals surface area contributed by atoms with Crippen LogP contribution in [0.1, 0.15) is 45.6 Å². The molecule has 0 saturated heterocycles. The minimum absolute atomic E-state index is 0.543. The largest absolute Gasteiger partial charge is 0.477 e. The lowest BCUT2D eigenvalue weighted by Gasteiger charge is -2.10. The van der Waals surface area contributed by atoms with E-state index in [0.29, 0.717) is 11.8 Å². The molecule has 2 nitrogen and oxygen atoms in total. The van der Waals surface area contributed by atoms with Crippen molar-refractivity contribution < 1.29 is 4.74 Å². The molecule has 15 heavy (non-hydrogen) atoms. The summed E-state index contributed by atoms with van der Waals surface area (Å²) in [7, 11) is 0. The smallest absolute Gasteiger partial charge is 0.213 e. The standard InChI is InChI=1S/C13H21NO/c1-5-11(4)12-6-7-13(14-8-12)15-9-10(2)3/h6-8,10-11H,5,9H2,1-4H3. The maximum absolute atomic E-state index is 5.52. The zero-order valence-corrected chi connectivity index (χ0v) is 10.2. The molecule has 0 aliphatic carbocycles. The molecule has 0 amide bonds. The van der Waals surface area contributed by atoms with Crippen LogP contribution in [-0.2, 0) is 0 Å². The van der Waals surface area contributed by atoms with Gasteiger partial charge in [-0.25, -0.2) is 4.98 Å². The van der Waals surface area contributed by atoms with E-state index in [-0.39, 0.29) is 0 Å². The fourth-order valence-corrected chi connectivity index (χ4v) is 1.26. The van der Waals surface area contributed by atoms with Crippen LogP contribution in [0.3, 0.4) is 0 Å². The van der Waals surface area contributed by atoms with Crippen molar-refractivity contribution in [1.29, 1.82) is 0 Å². The number of nitrogens with zero attached hydrogens (tertiary/aromatic N) is 1. The van der Waals surface area contributed by atoms with E-state index in [1.807, 2.05) is 12.3 Å². The summed E-state index contributed by atoms with van der Waals surface area (Å²) in [6.07, 6.45) is 3.07. The second kappa shape index (κ2) is 5.74. The molecule has 0 aliphatic heterocycles. The number of ether oxygens (including phenoxy) is 1. The maximum atomic E-state index is 5.52. The first-order valence-corrected chi connectivity index (χ1v) is 5.72. The molecule has 1 heterocycles. The molecule has 0 bridgehead atoms. The van der Waals surface area contributed by atoms with E-state index in [1.54, 1.807) is 0 Å². The number of rotatable bonds is 5. The number of hydrogen-bond donors (Lipinski definition) is 0. The van der Waals surface area contributed by atoms with Crippen molar-refractivity contribution in [3.63, 3.8) is 0 Å². The fraction of sp³-hybridized carbons (Fsp3) is 0.615. The summed E-state index contributed by atoms with van der Waals surface area (Å²) in [5, 5.41) is 0. The van der Waals surface area contributed by atoms with E-state index in [9.17, 15) is 0 Å². The molecule has 0 fully saturated rings. The first kappa shape index (κ1) is 12.0. The summed E-state index contributed by atoms with van der Waals surface area (Å²) in [4.78, 5) is 4.30. The Bertz CT molecular complexity index is 279. The predicted molar refractivity (Wildman–Crippen MR) is 63.3 cm³/mol. The molecular formula is C13H21NO. The number of hydrogen-bond acceptors (Lipinski definition) is 2. The molecular weight excluding hydrogens is 186 g/mol. The van der Waals surface area contributed by atoms with Crippen LogP contribution in [0.15, 0.2) is 18.3 Å². The SMILES string of the molecule is CCC(C)c1ccc(OCC(C)C)nc1. The second-order valence-corrected chi connectivity index (χ2v) is 4.44. The minimum atomic E-state index is 0.543. The van der Waals surface area contributed by atoms with Crippen LogP contribution in [0.4, 0.5) is 0 Å². The van der Waals surface area contributed by atoms with Gasteiger partial charge in [-0.15, -0.1) is 0 Å². The molecule has 0 N–H and O–H groups in total. The second-order valence-electron chi connectivity index (χ2n) is 4.44. The van der Waals surface area contributed by atoms with Gasteiger partial charge in [0.25, 0.3) is 0 Å². The van der Waals surface area contributed by atoms with Gasteiger partial charge in [-0.05, 0) is 23.8 Å². The van der Waals surface area contributed by atoms with Gasteiger partial charge in [0.2, 0.25) is 5.88 Å². The summed E-state index contributed by atoms with van der Waals surface area (Å²) in [6, 6.07) is 4.07. The Hall–Kier alpha value is -1.05. The summed E-state index contributed by atoms with van der Waals surface area (Å²) in [6.45, 7) is 9.40. The monoisotopic (exact) mass is 207 g/mol. The third kappa shape index (κ3) is 3.90. The summed E-state index contributed by atoms with van der Waals surface area (Å²) in [5.74, 6) is 1.86. The van der Waals surface area contributed by atoms with E-state index in [4.69, 9.17) is 4.74 Å². The zero-order chi connectivity index (χ0) is 11.3. The lowest BCUT2D eigenvalue weighted by molar-refractivity contribution is 0.261. The van der Waals surface area contributed by atoms with Gasteiger partial charge in [0.05, 0.1) is 6.61 Å². The highest BCUT2D eigenvalue weighted by Crippen LogP contribution is 2.19. The van der Waals surface area contributed by atoms with Crippen LogP contribution >= 0.6 is 0 Å². The topological polar surface area (TPSA) is 22.1 Å². The van der Waals surface area contributed by atoms with Crippen LogP contribution < -0.4 is 4.74 Å². The van der Waals surface area contributed by atoms with Crippen molar-refractivity contribution in [2.75, 3.05) is 6.61 Å². The molecule has 1 rings (SSSR count). The van der Waals surface area contributed by atoms with E-state index in [2.05, 4.69) is 38.7 Å². The highest BCUT2D eigenvalue weighted by molar-refractivity contribution is 5.20. The van der Waals surface area contributed by atoms with Crippen LogP contribution in [-0.4, -0.2) is 11.6 Å². The lowest BCUT2D eigenvalue weighted by atomic mass is 10.0. The van der Waals surface area contributed by atoms with Crippen LogP contribution in [0, 0.1) is 5.92 Å². The van der Waals surface area contributed by atoms with Crippen LogP contribution in [0.5, 0.6) is 5.88 Å². The van der Waals surface area contributed by atoms with Crippen molar-refractivity contribution >= 4 is 0 Å². The van der Waals surface area contributed by atoms with Gasteiger partial charge < -0.3 is 4.74 Å². The van der Waals surface area contributed by atoms with Crippen molar-refractivity contribution in [1.82, 2.24) is 4.98 Å². The highest BCUT2D eigenvalue weighted by Gasteiger charge is 2.04. The van der Waals surface area contributed by atoms with Gasteiger partial charge in [0.1, 0.15) is 0 Å². The maximum Gasteiger partial charge on any atom is 0.213 e. The molecule has 0 radical (unpaired) electrons. The third-order valence-corrected chi connectivity index (χ3v) is 2.51. The highest BCUT2D eigenvalue weighted by atomic mass is 16.5. The van der Waals surface area contributed by atoms with E-state index in [0.717, 1.165) is 18.9 Å². The molecule has 1 unspecified atom stereocenters. The van der Waals surface area contributed by atoms with Gasteiger partial charge in [0, 0.05) is 12.3 Å². The molecule has 0 aromatic carbocycles. The Morgan fingerprint density at radius 1 is 1.27 bits per heavy atom. The van der Waals surface area contributed by atoms with Crippen LogP contribution in [0.2, 0.25) is 0 Å². The van der Waals surface area contributed by atoms with E-state index >= 15 is 0 Å². The molecule has 0 spiro atoms. The predicted octanol–water partition coefficient (Wildman–Crippen LogP) is 3.63. The Kier molecular flexibility index (Phi) is 4.60. The Morgan fingerprint density at radius 2 is 2.00 bits per heavy atom. The Labute approximate surface area is 92.7 Å². The summed E-state index contributed by atoms with van der Waals surface area (Å²) < 4.78 is 5.52. The van der Waals surface area contributed by atoms with Gasteiger partial charge in [0.15, 0.2) is 0 Å². The Balaban J connectivity index is 2.56. The zero-order valence-electron chi connectivity index (χ0n) is 10.2. The molecule has 1 aromatic heterocycles. The molecule has 0 saturated carbocycles. The van der Waals surface area contributed by atoms with Crippen molar-refractivity contribution in [3.8, 4) is 5.88 Å². The molecule has 2 heteroatoms. The first-order chi connectivity index (χ1) is 7.13. The van der Waals surface area contributed by atoms with Crippen LogP contribution in [0.25, 0.3) is 0 Å². The van der Waals surface area contributed by atoms with Gasteiger partial charge in [-0.2, -0.15) is 0 Å². The van der Waals surface area contributed by atoms with Gasteiger partial charge in [-0.1, -0.05) is 33.8 Å². The summed E-state index contributed by atoms with van der Waals surface area (Å²) >= 11 is 0. The quantitative estimate of drug-likeness (QED) is 0.735. The number of pyridine rings is 1.